The van der Waals surface area contributed by atoms with E-state index < -0.39 is 0 Å². The first-order chi connectivity index (χ1) is 4.41. The highest BCUT2D eigenvalue weighted by Crippen LogP contribution is 2.65. The molecule has 2 fully saturated rings. The van der Waals surface area contributed by atoms with Gasteiger partial charge in [-0.1, -0.05) is 18.1 Å². The lowest BCUT2D eigenvalue weighted by Crippen LogP contribution is -2.24. The fourth-order valence-corrected chi connectivity index (χ4v) is 3.19. The maximum atomic E-state index is 2.57. The monoisotopic (exact) mass is 120 g/mol. The lowest BCUT2D eigenvalue weighted by atomic mass is 9.71. The zero-order valence-corrected chi connectivity index (χ0v) is 5.69. The summed E-state index contributed by atoms with van der Waals surface area (Å²) in [6.07, 6.45) is 10.1. The third-order valence-electron chi connectivity index (χ3n) is 3.63. The van der Waals surface area contributed by atoms with E-state index in [1.165, 1.54) is 32.1 Å². The molecular formula is C9H12. The highest BCUT2D eigenvalue weighted by molar-refractivity contribution is 5.36. The van der Waals surface area contributed by atoms with Gasteiger partial charge in [-0.3, -0.25) is 0 Å². The van der Waals surface area contributed by atoms with Gasteiger partial charge in [0.1, 0.15) is 0 Å². The Morgan fingerprint density at radius 3 is 3.22 bits per heavy atom. The summed E-state index contributed by atoms with van der Waals surface area (Å²) in [5, 5.41) is 0. The van der Waals surface area contributed by atoms with Crippen molar-refractivity contribution in [2.75, 3.05) is 0 Å². The third kappa shape index (κ3) is 0.331. The van der Waals surface area contributed by atoms with Gasteiger partial charge in [0.05, 0.1) is 0 Å². The topological polar surface area (TPSA) is 0 Å². The molecule has 0 aromatic rings. The molecule has 0 nitrogen and oxygen atoms in total. The summed E-state index contributed by atoms with van der Waals surface area (Å²) in [6, 6.07) is 0. The summed E-state index contributed by atoms with van der Waals surface area (Å²) in [5.41, 5.74) is 2.60. The first-order valence-electron chi connectivity index (χ1n) is 4.12. The van der Waals surface area contributed by atoms with E-state index in [1.54, 1.807) is 0 Å². The second-order valence-corrected chi connectivity index (χ2v) is 3.90. The molecule has 4 aliphatic rings. The van der Waals surface area contributed by atoms with E-state index in [0.29, 0.717) is 0 Å². The molecular weight excluding hydrogens is 108 g/mol. The van der Waals surface area contributed by atoms with E-state index >= 15 is 0 Å². The largest absolute Gasteiger partial charge is 0.0782 e. The van der Waals surface area contributed by atoms with Gasteiger partial charge in [-0.05, 0) is 37.0 Å². The van der Waals surface area contributed by atoms with Crippen molar-refractivity contribution in [3.05, 3.63) is 11.6 Å². The van der Waals surface area contributed by atoms with Gasteiger partial charge in [0.2, 0.25) is 0 Å². The molecule has 0 radical (unpaired) electrons. The summed E-state index contributed by atoms with van der Waals surface area (Å²) in [7, 11) is 0. The maximum absolute atomic E-state index is 2.57. The summed E-state index contributed by atoms with van der Waals surface area (Å²) in [6.45, 7) is 0. The van der Waals surface area contributed by atoms with Crippen LogP contribution in [0.25, 0.3) is 0 Å². The average molecular weight is 120 g/mol. The lowest BCUT2D eigenvalue weighted by Gasteiger charge is -2.33. The van der Waals surface area contributed by atoms with Crippen LogP contribution in [0.4, 0.5) is 0 Å². The minimum Gasteiger partial charge on any atom is -0.0782 e. The van der Waals surface area contributed by atoms with Gasteiger partial charge < -0.3 is 0 Å². The Bertz CT molecular complexity index is 190. The van der Waals surface area contributed by atoms with Crippen LogP contribution in [0, 0.1) is 11.3 Å². The van der Waals surface area contributed by atoms with Crippen molar-refractivity contribution < 1.29 is 0 Å². The van der Waals surface area contributed by atoms with Crippen LogP contribution in [0.1, 0.15) is 32.1 Å². The molecule has 0 aliphatic heterocycles. The summed E-state index contributed by atoms with van der Waals surface area (Å²) < 4.78 is 0. The zero-order valence-electron chi connectivity index (χ0n) is 5.69. The average Bonchev–Trinajstić information content (AvgIpc) is 2.37. The minimum atomic E-state index is 0.787. The van der Waals surface area contributed by atoms with Crippen LogP contribution in [0.15, 0.2) is 11.6 Å². The molecule has 4 aliphatic carbocycles. The van der Waals surface area contributed by atoms with Gasteiger partial charge in [0, 0.05) is 0 Å². The van der Waals surface area contributed by atoms with Crippen LogP contribution in [-0.4, -0.2) is 0 Å². The summed E-state index contributed by atoms with van der Waals surface area (Å²) in [4.78, 5) is 0. The van der Waals surface area contributed by atoms with E-state index in [1.807, 2.05) is 5.57 Å². The molecule has 0 N–H and O–H groups in total. The Morgan fingerprint density at radius 1 is 1.44 bits per heavy atom. The van der Waals surface area contributed by atoms with Crippen molar-refractivity contribution in [2.24, 2.45) is 11.3 Å². The van der Waals surface area contributed by atoms with Crippen LogP contribution in [0.2, 0.25) is 0 Å². The van der Waals surface area contributed by atoms with Crippen LogP contribution in [0.5, 0.6) is 0 Å². The van der Waals surface area contributed by atoms with Crippen molar-refractivity contribution >= 4 is 0 Å². The van der Waals surface area contributed by atoms with Crippen LogP contribution in [-0.2, 0) is 0 Å². The molecule has 1 spiro atoms. The Labute approximate surface area is 56.0 Å². The quantitative estimate of drug-likeness (QED) is 0.431. The number of fused-ring (bicyclic) bond motifs is 1. The van der Waals surface area contributed by atoms with Crippen LogP contribution >= 0.6 is 0 Å². The van der Waals surface area contributed by atoms with E-state index in [-0.39, 0.29) is 0 Å². The molecule has 0 saturated heterocycles. The highest BCUT2D eigenvalue weighted by Gasteiger charge is 2.53. The Balaban J connectivity index is 2.12. The van der Waals surface area contributed by atoms with E-state index in [4.69, 9.17) is 0 Å². The van der Waals surface area contributed by atoms with Gasteiger partial charge in [-0.2, -0.15) is 0 Å². The molecule has 0 aromatic carbocycles. The van der Waals surface area contributed by atoms with E-state index in [2.05, 4.69) is 6.08 Å². The van der Waals surface area contributed by atoms with Crippen molar-refractivity contribution in [1.82, 2.24) is 0 Å². The molecule has 2 atom stereocenters. The first kappa shape index (κ1) is 4.54. The van der Waals surface area contributed by atoms with Crippen molar-refractivity contribution in [1.29, 1.82) is 0 Å². The Morgan fingerprint density at radius 2 is 2.44 bits per heavy atom. The lowest BCUT2D eigenvalue weighted by molar-refractivity contribution is 0.313. The molecule has 2 saturated carbocycles. The summed E-state index contributed by atoms with van der Waals surface area (Å²) in [5.74, 6) is 1.08. The van der Waals surface area contributed by atoms with Gasteiger partial charge in [-0.25, -0.2) is 0 Å². The maximum Gasteiger partial charge on any atom is -0.00470 e. The number of allylic oxidation sites excluding steroid dienone is 2. The molecule has 2 bridgehead atoms. The zero-order chi connectivity index (χ0) is 5.90. The molecule has 0 heteroatoms. The van der Waals surface area contributed by atoms with Gasteiger partial charge >= 0.3 is 0 Å². The van der Waals surface area contributed by atoms with Crippen LogP contribution in [0.3, 0.4) is 0 Å². The Kier molecular flexibility index (Phi) is 0.564. The SMILES string of the molecule is C1=C2CCC13CCCC23. The fourth-order valence-electron chi connectivity index (χ4n) is 3.19. The van der Waals surface area contributed by atoms with E-state index in [0.717, 1.165) is 11.3 Å². The van der Waals surface area contributed by atoms with Gasteiger partial charge in [0.25, 0.3) is 0 Å². The second-order valence-electron chi connectivity index (χ2n) is 3.90. The standard InChI is InChI=1S/C9H12/c1-2-8-7-3-5-9(8,4-1)6-7/h6,8H,1-5H2. The predicted molar refractivity (Wildman–Crippen MR) is 37.1 cm³/mol. The normalized spacial score (nSPS) is 52.4. The molecule has 0 aromatic heterocycles. The fraction of sp³-hybridized carbons (Fsp3) is 0.778. The van der Waals surface area contributed by atoms with E-state index in [9.17, 15) is 0 Å². The molecule has 0 amide bonds. The number of hydrogen-bond donors (Lipinski definition) is 0. The van der Waals surface area contributed by atoms with Gasteiger partial charge in [-0.15, -0.1) is 0 Å². The second kappa shape index (κ2) is 1.12. The van der Waals surface area contributed by atoms with Crippen molar-refractivity contribution in [3.63, 3.8) is 0 Å². The molecule has 48 valence electrons. The molecule has 9 heavy (non-hydrogen) atoms. The third-order valence-corrected chi connectivity index (χ3v) is 3.63. The van der Waals surface area contributed by atoms with Crippen molar-refractivity contribution in [2.45, 2.75) is 32.1 Å². The first-order valence-corrected chi connectivity index (χ1v) is 4.12. The number of rotatable bonds is 0. The van der Waals surface area contributed by atoms with Crippen LogP contribution < -0.4 is 0 Å². The minimum absolute atomic E-state index is 0.787. The predicted octanol–water partition coefficient (Wildman–Crippen LogP) is 2.51. The molecule has 2 unspecified atom stereocenters. The summed E-state index contributed by atoms with van der Waals surface area (Å²) >= 11 is 0. The Hall–Kier alpha value is -0.260. The number of hydrogen-bond acceptors (Lipinski definition) is 0. The van der Waals surface area contributed by atoms with Gasteiger partial charge in [0.15, 0.2) is 0 Å². The molecule has 0 heterocycles. The smallest absolute Gasteiger partial charge is 0.00470 e. The molecule has 4 rings (SSSR count). The van der Waals surface area contributed by atoms with Crippen molar-refractivity contribution in [3.8, 4) is 0 Å². The highest BCUT2D eigenvalue weighted by atomic mass is 14.6.